The lowest BCUT2D eigenvalue weighted by Crippen LogP contribution is -2.34. The highest BCUT2D eigenvalue weighted by Gasteiger charge is 2.22. The standard InChI is InChI=1S/C17H17ClN4S/c1-11-3-2-8-22(9-11)17-16-15(19-10-20-17)14(21-23-16)12-4-6-13(18)7-5-12/h4-7,10-11H,2-3,8-9H2,1H3/t11-/m0/s1. The zero-order valence-electron chi connectivity index (χ0n) is 12.9. The van der Waals surface area contributed by atoms with E-state index in [2.05, 4.69) is 26.2 Å². The van der Waals surface area contributed by atoms with Crippen molar-refractivity contribution in [3.05, 3.63) is 35.6 Å². The second-order valence-corrected chi connectivity index (χ2v) is 7.32. The molecule has 2 aromatic heterocycles. The number of hydrogen-bond donors (Lipinski definition) is 0. The van der Waals surface area contributed by atoms with Crippen molar-refractivity contribution < 1.29 is 0 Å². The number of piperidine rings is 1. The first-order valence-corrected chi connectivity index (χ1v) is 8.99. The van der Waals surface area contributed by atoms with Gasteiger partial charge < -0.3 is 4.90 Å². The van der Waals surface area contributed by atoms with Crippen molar-refractivity contribution in [1.29, 1.82) is 0 Å². The molecular formula is C17H17ClN4S. The van der Waals surface area contributed by atoms with E-state index >= 15 is 0 Å². The van der Waals surface area contributed by atoms with Crippen LogP contribution in [0, 0.1) is 5.92 Å². The van der Waals surface area contributed by atoms with E-state index in [4.69, 9.17) is 11.6 Å². The molecule has 0 aliphatic carbocycles. The number of nitrogens with zero attached hydrogens (tertiary/aromatic N) is 4. The Hall–Kier alpha value is -1.72. The second-order valence-electron chi connectivity index (χ2n) is 6.11. The number of rotatable bonds is 2. The molecule has 1 aliphatic heterocycles. The minimum atomic E-state index is 0.706. The Morgan fingerprint density at radius 3 is 2.83 bits per heavy atom. The Bertz CT molecular complexity index is 830. The summed E-state index contributed by atoms with van der Waals surface area (Å²) in [5, 5.41) is 0.728. The fourth-order valence-corrected chi connectivity index (χ4v) is 4.16. The zero-order chi connectivity index (χ0) is 15.8. The summed E-state index contributed by atoms with van der Waals surface area (Å²) in [6.07, 6.45) is 4.17. The average Bonchev–Trinajstić information content (AvgIpc) is 2.99. The summed E-state index contributed by atoms with van der Waals surface area (Å²) in [7, 11) is 0. The summed E-state index contributed by atoms with van der Waals surface area (Å²) < 4.78 is 5.71. The van der Waals surface area contributed by atoms with E-state index in [1.165, 1.54) is 24.4 Å². The van der Waals surface area contributed by atoms with Gasteiger partial charge >= 0.3 is 0 Å². The van der Waals surface area contributed by atoms with Crippen molar-refractivity contribution in [2.24, 2.45) is 5.92 Å². The van der Waals surface area contributed by atoms with Crippen LogP contribution in [0.2, 0.25) is 5.02 Å². The number of hydrogen-bond acceptors (Lipinski definition) is 5. The molecule has 118 valence electrons. The van der Waals surface area contributed by atoms with Crippen LogP contribution < -0.4 is 4.90 Å². The molecule has 0 radical (unpaired) electrons. The molecule has 1 aromatic carbocycles. The average molecular weight is 345 g/mol. The van der Waals surface area contributed by atoms with Crippen LogP contribution >= 0.6 is 23.1 Å². The molecule has 1 saturated heterocycles. The maximum Gasteiger partial charge on any atom is 0.151 e. The number of halogens is 1. The molecule has 1 atom stereocenters. The first-order chi connectivity index (χ1) is 11.2. The van der Waals surface area contributed by atoms with Crippen LogP contribution in [0.5, 0.6) is 0 Å². The predicted octanol–water partition coefficient (Wildman–Crippen LogP) is 4.64. The maximum atomic E-state index is 5.98. The lowest BCUT2D eigenvalue weighted by Gasteiger charge is -2.31. The van der Waals surface area contributed by atoms with Crippen molar-refractivity contribution in [2.45, 2.75) is 19.8 Å². The van der Waals surface area contributed by atoms with Crippen LogP contribution in [0.3, 0.4) is 0 Å². The third-order valence-electron chi connectivity index (χ3n) is 4.31. The fraction of sp³-hybridized carbons (Fsp3) is 0.353. The molecule has 3 aromatic rings. The van der Waals surface area contributed by atoms with Crippen LogP contribution in [-0.2, 0) is 0 Å². The Morgan fingerprint density at radius 1 is 1.22 bits per heavy atom. The predicted molar refractivity (Wildman–Crippen MR) is 96.3 cm³/mol. The molecule has 0 unspecified atom stereocenters. The Morgan fingerprint density at radius 2 is 2.04 bits per heavy atom. The summed E-state index contributed by atoms with van der Waals surface area (Å²) in [5.74, 6) is 1.73. The number of aromatic nitrogens is 3. The van der Waals surface area contributed by atoms with Gasteiger partial charge in [-0.05, 0) is 42.4 Å². The van der Waals surface area contributed by atoms with Crippen LogP contribution in [0.4, 0.5) is 5.82 Å². The van der Waals surface area contributed by atoms with Crippen LogP contribution in [-0.4, -0.2) is 27.4 Å². The van der Waals surface area contributed by atoms with Gasteiger partial charge in [0.05, 0.1) is 0 Å². The molecule has 23 heavy (non-hydrogen) atoms. The van der Waals surface area contributed by atoms with E-state index in [9.17, 15) is 0 Å². The van der Waals surface area contributed by atoms with Gasteiger partial charge in [-0.15, -0.1) is 0 Å². The van der Waals surface area contributed by atoms with Gasteiger partial charge in [-0.25, -0.2) is 9.97 Å². The molecule has 0 bridgehead atoms. The molecular weight excluding hydrogens is 328 g/mol. The first-order valence-electron chi connectivity index (χ1n) is 7.83. The van der Waals surface area contributed by atoms with Crippen molar-refractivity contribution in [3.63, 3.8) is 0 Å². The highest BCUT2D eigenvalue weighted by Crippen LogP contribution is 2.35. The second kappa shape index (κ2) is 6.06. The molecule has 6 heteroatoms. The Labute approximate surface area is 144 Å². The fourth-order valence-electron chi connectivity index (χ4n) is 3.16. The third kappa shape index (κ3) is 2.79. The zero-order valence-corrected chi connectivity index (χ0v) is 14.4. The van der Waals surface area contributed by atoms with Crippen molar-refractivity contribution in [1.82, 2.24) is 14.3 Å². The summed E-state index contributed by atoms with van der Waals surface area (Å²) in [5.41, 5.74) is 2.88. The van der Waals surface area contributed by atoms with Crippen molar-refractivity contribution in [3.8, 4) is 11.3 Å². The van der Waals surface area contributed by atoms with Crippen LogP contribution in [0.25, 0.3) is 21.5 Å². The van der Waals surface area contributed by atoms with Gasteiger partial charge in [-0.3, -0.25) is 0 Å². The number of anilines is 1. The first kappa shape index (κ1) is 14.8. The van der Waals surface area contributed by atoms with Crippen LogP contribution in [0.1, 0.15) is 19.8 Å². The lowest BCUT2D eigenvalue weighted by atomic mass is 10.0. The maximum absolute atomic E-state index is 5.98. The van der Waals surface area contributed by atoms with E-state index in [0.29, 0.717) is 5.92 Å². The summed E-state index contributed by atoms with van der Waals surface area (Å²) in [4.78, 5) is 11.4. The van der Waals surface area contributed by atoms with E-state index in [1.807, 2.05) is 24.3 Å². The molecule has 0 N–H and O–H groups in total. The Balaban J connectivity index is 1.78. The largest absolute Gasteiger partial charge is 0.355 e. The summed E-state index contributed by atoms with van der Waals surface area (Å²) >= 11 is 7.47. The van der Waals surface area contributed by atoms with Gasteiger partial charge in [-0.1, -0.05) is 30.7 Å². The van der Waals surface area contributed by atoms with Gasteiger partial charge in [0, 0.05) is 23.7 Å². The van der Waals surface area contributed by atoms with Gasteiger partial charge in [-0.2, -0.15) is 4.37 Å². The smallest absolute Gasteiger partial charge is 0.151 e. The van der Waals surface area contributed by atoms with E-state index in [-0.39, 0.29) is 0 Å². The van der Waals surface area contributed by atoms with Gasteiger partial charge in [0.1, 0.15) is 22.2 Å². The van der Waals surface area contributed by atoms with Gasteiger partial charge in [0.15, 0.2) is 5.82 Å². The monoisotopic (exact) mass is 344 g/mol. The summed E-state index contributed by atoms with van der Waals surface area (Å²) in [6, 6.07) is 7.75. The van der Waals surface area contributed by atoms with E-state index < -0.39 is 0 Å². The topological polar surface area (TPSA) is 41.9 Å². The minimum Gasteiger partial charge on any atom is -0.355 e. The Kier molecular flexibility index (Phi) is 3.91. The minimum absolute atomic E-state index is 0.706. The number of benzene rings is 1. The van der Waals surface area contributed by atoms with Crippen LogP contribution in [0.15, 0.2) is 30.6 Å². The van der Waals surface area contributed by atoms with Crippen molar-refractivity contribution >= 4 is 39.2 Å². The molecule has 4 nitrogen and oxygen atoms in total. The molecule has 1 aliphatic rings. The van der Waals surface area contributed by atoms with Crippen molar-refractivity contribution in [2.75, 3.05) is 18.0 Å². The molecule has 0 saturated carbocycles. The third-order valence-corrected chi connectivity index (χ3v) is 5.40. The highest BCUT2D eigenvalue weighted by atomic mass is 35.5. The van der Waals surface area contributed by atoms with E-state index in [0.717, 1.165) is 45.4 Å². The summed E-state index contributed by atoms with van der Waals surface area (Å²) in [6.45, 7) is 4.42. The molecule has 0 amide bonds. The van der Waals surface area contributed by atoms with Gasteiger partial charge in [0.2, 0.25) is 0 Å². The quantitative estimate of drug-likeness (QED) is 0.679. The SMILES string of the molecule is C[C@H]1CCCN(c2ncnc3c(-c4ccc(Cl)cc4)nsc23)C1. The molecule has 4 rings (SSSR count). The lowest BCUT2D eigenvalue weighted by molar-refractivity contribution is 0.445. The normalized spacial score (nSPS) is 18.5. The molecule has 1 fully saturated rings. The molecule has 3 heterocycles. The van der Waals surface area contributed by atoms with Gasteiger partial charge in [0.25, 0.3) is 0 Å². The molecule has 0 spiro atoms. The number of fused-ring (bicyclic) bond motifs is 1. The van der Waals surface area contributed by atoms with E-state index in [1.54, 1.807) is 6.33 Å². The highest BCUT2D eigenvalue weighted by molar-refractivity contribution is 7.14.